The second-order valence-corrected chi connectivity index (χ2v) is 7.91. The van der Waals surface area contributed by atoms with Crippen LogP contribution in [-0.4, -0.2) is 45.1 Å². The Labute approximate surface area is 184 Å². The number of benzene rings is 1. The van der Waals surface area contributed by atoms with Crippen molar-refractivity contribution < 1.29 is 13.9 Å². The minimum Gasteiger partial charge on any atom is -0.490 e. The highest BCUT2D eigenvalue weighted by Crippen LogP contribution is 2.43. The Balaban J connectivity index is 1.75. The van der Waals surface area contributed by atoms with Gasteiger partial charge < -0.3 is 10.5 Å². The summed E-state index contributed by atoms with van der Waals surface area (Å²) in [5, 5.41) is 7.81. The van der Waals surface area contributed by atoms with E-state index < -0.39 is 12.2 Å². The van der Waals surface area contributed by atoms with Gasteiger partial charge in [0.05, 0.1) is 24.2 Å². The van der Waals surface area contributed by atoms with Crippen molar-refractivity contribution in [3.05, 3.63) is 71.8 Å². The molecule has 0 spiro atoms. The molecule has 5 rings (SSSR count). The van der Waals surface area contributed by atoms with Crippen LogP contribution in [0.1, 0.15) is 29.7 Å². The molecule has 9 heteroatoms. The highest BCUT2D eigenvalue weighted by Gasteiger charge is 2.50. The van der Waals surface area contributed by atoms with E-state index >= 15 is 0 Å². The van der Waals surface area contributed by atoms with Crippen molar-refractivity contribution >= 4 is 11.9 Å². The summed E-state index contributed by atoms with van der Waals surface area (Å²) in [5.74, 6) is 0.356. The molecule has 1 unspecified atom stereocenters. The summed E-state index contributed by atoms with van der Waals surface area (Å²) in [6, 6.07) is 10.6. The Kier molecular flexibility index (Phi) is 4.80. The standard InChI is InChI=1S/C23H21FN6O2/c1-30-21(31)23(29-22(30)25,16-5-6-26-18(10-16)12-24)17-8-15(14-4-7-27-28-13-14)9-20(11-17)32-19-2-3-19/h4-11,13,19H,2-3,12H2,1H3,(H2,25,29). The maximum atomic E-state index is 13.6. The van der Waals surface area contributed by atoms with Crippen LogP contribution in [0.15, 0.2) is 60.0 Å². The third-order valence-electron chi connectivity index (χ3n) is 5.68. The van der Waals surface area contributed by atoms with Crippen molar-refractivity contribution in [2.45, 2.75) is 31.2 Å². The van der Waals surface area contributed by atoms with Crippen LogP contribution in [0.5, 0.6) is 5.75 Å². The first-order valence-corrected chi connectivity index (χ1v) is 10.3. The average Bonchev–Trinajstić information content (AvgIpc) is 3.62. The number of nitrogens with two attached hydrogens (primary N) is 1. The smallest absolute Gasteiger partial charge is 0.266 e. The molecule has 8 nitrogen and oxygen atoms in total. The number of amides is 1. The van der Waals surface area contributed by atoms with Crippen LogP contribution < -0.4 is 10.5 Å². The van der Waals surface area contributed by atoms with Gasteiger partial charge in [0.2, 0.25) is 0 Å². The van der Waals surface area contributed by atoms with Gasteiger partial charge in [-0.25, -0.2) is 9.38 Å². The predicted octanol–water partition coefficient (Wildman–Crippen LogP) is 2.58. The number of aliphatic imine (C=N–C) groups is 1. The maximum Gasteiger partial charge on any atom is 0.266 e. The number of likely N-dealkylation sites (N-methyl/N-ethyl adjacent to an activating group) is 1. The van der Waals surface area contributed by atoms with Gasteiger partial charge in [-0.05, 0) is 65.9 Å². The van der Waals surface area contributed by atoms with Gasteiger partial charge in [-0.15, -0.1) is 0 Å². The van der Waals surface area contributed by atoms with Gasteiger partial charge in [0, 0.05) is 18.8 Å². The molecular formula is C23H21FN6O2. The largest absolute Gasteiger partial charge is 0.490 e. The van der Waals surface area contributed by atoms with Crippen molar-refractivity contribution in [2.75, 3.05) is 7.05 Å². The highest BCUT2D eigenvalue weighted by atomic mass is 19.1. The van der Waals surface area contributed by atoms with E-state index in [1.165, 1.54) is 11.1 Å². The van der Waals surface area contributed by atoms with E-state index in [9.17, 15) is 9.18 Å². The fraction of sp³-hybridized carbons (Fsp3) is 0.261. The Morgan fingerprint density at radius 3 is 2.62 bits per heavy atom. The topological polar surface area (TPSA) is 107 Å². The zero-order valence-corrected chi connectivity index (χ0v) is 17.4. The molecule has 162 valence electrons. The lowest BCUT2D eigenvalue weighted by molar-refractivity contribution is -0.129. The highest BCUT2D eigenvalue weighted by molar-refractivity contribution is 6.09. The first-order chi connectivity index (χ1) is 15.5. The fourth-order valence-corrected chi connectivity index (χ4v) is 3.84. The summed E-state index contributed by atoms with van der Waals surface area (Å²) in [6.07, 6.45) is 6.83. The quantitative estimate of drug-likeness (QED) is 0.642. The first kappa shape index (κ1) is 20.0. The van der Waals surface area contributed by atoms with Gasteiger partial charge in [0.1, 0.15) is 12.4 Å². The van der Waals surface area contributed by atoms with Gasteiger partial charge in [-0.2, -0.15) is 10.2 Å². The molecule has 2 N–H and O–H groups in total. The van der Waals surface area contributed by atoms with Crippen molar-refractivity contribution in [1.29, 1.82) is 0 Å². The molecule has 32 heavy (non-hydrogen) atoms. The number of aromatic nitrogens is 3. The van der Waals surface area contributed by atoms with Crippen LogP contribution in [0.2, 0.25) is 0 Å². The Bertz CT molecular complexity index is 1210. The monoisotopic (exact) mass is 432 g/mol. The zero-order chi connectivity index (χ0) is 22.3. The second-order valence-electron chi connectivity index (χ2n) is 7.91. The number of halogens is 1. The summed E-state index contributed by atoms with van der Waals surface area (Å²) < 4.78 is 19.5. The number of nitrogens with zero attached hydrogens (tertiary/aromatic N) is 5. The molecule has 2 aromatic heterocycles. The van der Waals surface area contributed by atoms with Crippen LogP contribution in [-0.2, 0) is 17.0 Å². The Morgan fingerprint density at radius 1 is 1.12 bits per heavy atom. The molecule has 3 aromatic rings. The number of hydrogen-bond donors (Lipinski definition) is 1. The van der Waals surface area contributed by atoms with E-state index in [1.807, 2.05) is 18.2 Å². The van der Waals surface area contributed by atoms with E-state index in [0.29, 0.717) is 16.9 Å². The van der Waals surface area contributed by atoms with E-state index in [2.05, 4.69) is 20.2 Å². The number of carbonyl (C=O) groups is 1. The molecule has 1 aliphatic carbocycles. The lowest BCUT2D eigenvalue weighted by atomic mass is 9.81. The van der Waals surface area contributed by atoms with Gasteiger partial charge in [-0.1, -0.05) is 0 Å². The summed E-state index contributed by atoms with van der Waals surface area (Å²) in [5.41, 5.74) is 7.47. The number of rotatable bonds is 6. The third kappa shape index (κ3) is 3.35. The molecule has 0 bridgehead atoms. The number of ether oxygens (including phenoxy) is 1. The Hall–Kier alpha value is -3.88. The predicted molar refractivity (Wildman–Crippen MR) is 115 cm³/mol. The van der Waals surface area contributed by atoms with Gasteiger partial charge in [-0.3, -0.25) is 14.7 Å². The molecule has 1 saturated carbocycles. The van der Waals surface area contributed by atoms with Crippen LogP contribution >= 0.6 is 0 Å². The molecular weight excluding hydrogens is 411 g/mol. The van der Waals surface area contributed by atoms with E-state index in [4.69, 9.17) is 10.5 Å². The lowest BCUT2D eigenvalue weighted by Crippen LogP contribution is -2.41. The number of carbonyl (C=O) groups excluding carboxylic acids is 1. The van der Waals surface area contributed by atoms with E-state index in [-0.39, 0.29) is 23.7 Å². The van der Waals surface area contributed by atoms with Crippen molar-refractivity contribution in [3.8, 4) is 16.9 Å². The van der Waals surface area contributed by atoms with E-state index in [1.54, 1.807) is 37.6 Å². The van der Waals surface area contributed by atoms with Crippen LogP contribution in [0, 0.1) is 0 Å². The van der Waals surface area contributed by atoms with Crippen molar-refractivity contribution in [2.24, 2.45) is 10.7 Å². The van der Waals surface area contributed by atoms with Gasteiger partial charge in [0.25, 0.3) is 5.91 Å². The first-order valence-electron chi connectivity index (χ1n) is 10.3. The number of alkyl halides is 1. The zero-order valence-electron chi connectivity index (χ0n) is 17.4. The molecule has 2 aliphatic rings. The number of guanidine groups is 1. The molecule has 1 amide bonds. The molecule has 1 atom stereocenters. The molecule has 0 saturated heterocycles. The minimum atomic E-state index is -1.48. The third-order valence-corrected chi connectivity index (χ3v) is 5.68. The fourth-order valence-electron chi connectivity index (χ4n) is 3.84. The molecule has 0 radical (unpaired) electrons. The lowest BCUT2D eigenvalue weighted by Gasteiger charge is -2.27. The minimum absolute atomic E-state index is 0.0780. The summed E-state index contributed by atoms with van der Waals surface area (Å²) >= 11 is 0. The maximum absolute atomic E-state index is 13.6. The van der Waals surface area contributed by atoms with E-state index in [0.717, 1.165) is 24.0 Å². The Morgan fingerprint density at radius 2 is 1.97 bits per heavy atom. The molecule has 1 fully saturated rings. The van der Waals surface area contributed by atoms with Crippen molar-refractivity contribution in [1.82, 2.24) is 20.1 Å². The number of pyridine rings is 1. The summed E-state index contributed by atoms with van der Waals surface area (Å²) in [6.45, 7) is -0.758. The van der Waals surface area contributed by atoms with Gasteiger partial charge >= 0.3 is 0 Å². The van der Waals surface area contributed by atoms with Crippen LogP contribution in [0.25, 0.3) is 11.1 Å². The average molecular weight is 432 g/mol. The normalized spacial score (nSPS) is 20.4. The molecule has 3 heterocycles. The van der Waals surface area contributed by atoms with Gasteiger partial charge in [0.15, 0.2) is 11.5 Å². The van der Waals surface area contributed by atoms with Crippen LogP contribution in [0.3, 0.4) is 0 Å². The van der Waals surface area contributed by atoms with Crippen molar-refractivity contribution in [3.63, 3.8) is 0 Å². The second kappa shape index (κ2) is 7.67. The summed E-state index contributed by atoms with van der Waals surface area (Å²) in [4.78, 5) is 23.5. The molecule has 1 aliphatic heterocycles. The SMILES string of the molecule is CN1C(=O)C(c2cc(OC3CC3)cc(-c3ccnnc3)c2)(c2ccnc(CF)c2)N=C1N. The molecule has 1 aromatic carbocycles. The van der Waals surface area contributed by atoms with Crippen LogP contribution in [0.4, 0.5) is 4.39 Å². The number of hydrogen-bond acceptors (Lipinski definition) is 7. The summed E-state index contributed by atoms with van der Waals surface area (Å²) in [7, 11) is 1.57.